The number of H-pyrrole nitrogens is 1. The minimum Gasteiger partial charge on any atom is -0.497 e. The van der Waals surface area contributed by atoms with Gasteiger partial charge in [-0.1, -0.05) is 23.8 Å². The molecule has 0 saturated heterocycles. The molecule has 0 radical (unpaired) electrons. The Hall–Kier alpha value is -2.95. The highest BCUT2D eigenvalue weighted by Gasteiger charge is 2.34. The van der Waals surface area contributed by atoms with Crippen LogP contribution < -0.4 is 10.1 Å². The van der Waals surface area contributed by atoms with Crippen LogP contribution in [0.5, 0.6) is 5.75 Å². The van der Waals surface area contributed by atoms with Gasteiger partial charge in [0, 0.05) is 29.7 Å². The van der Waals surface area contributed by atoms with Crippen molar-refractivity contribution < 1.29 is 9.53 Å². The summed E-state index contributed by atoms with van der Waals surface area (Å²) in [4.78, 5) is 18.3. The molecule has 0 bridgehead atoms. The number of benzene rings is 2. The maximum absolute atomic E-state index is 12.8. The van der Waals surface area contributed by atoms with E-state index in [9.17, 15) is 4.79 Å². The molecule has 1 aliphatic heterocycles. The zero-order chi connectivity index (χ0) is 19.0. The molecule has 0 spiro atoms. The summed E-state index contributed by atoms with van der Waals surface area (Å²) in [7, 11) is 1.66. The first-order valence-electron chi connectivity index (χ1n) is 9.42. The van der Waals surface area contributed by atoms with Crippen LogP contribution in [0.4, 0.5) is 4.79 Å². The molecule has 1 atom stereocenters. The van der Waals surface area contributed by atoms with Crippen LogP contribution in [0.25, 0.3) is 10.9 Å². The maximum Gasteiger partial charge on any atom is 0.318 e. The van der Waals surface area contributed by atoms with E-state index in [-0.39, 0.29) is 12.1 Å². The fourth-order valence-corrected chi connectivity index (χ4v) is 4.01. The quantitative estimate of drug-likeness (QED) is 0.734. The number of fused-ring (bicyclic) bond motifs is 3. The SMILES string of the molecule is CCNC(=O)N1CCc2c([nH]c3ccc(C)cc23)C1c1ccc(OC)cc1. The number of aromatic nitrogens is 1. The number of aromatic amines is 1. The van der Waals surface area contributed by atoms with Crippen LogP contribution in [0.1, 0.15) is 35.3 Å². The second kappa shape index (κ2) is 6.99. The van der Waals surface area contributed by atoms with Crippen LogP contribution >= 0.6 is 0 Å². The molecule has 4 rings (SSSR count). The number of aryl methyl sites for hydroxylation is 1. The molecule has 5 nitrogen and oxygen atoms in total. The molecule has 140 valence electrons. The lowest BCUT2D eigenvalue weighted by Crippen LogP contribution is -2.46. The van der Waals surface area contributed by atoms with E-state index >= 15 is 0 Å². The fourth-order valence-electron chi connectivity index (χ4n) is 4.01. The number of carbonyl (C=O) groups is 1. The van der Waals surface area contributed by atoms with Crippen LogP contribution in [0, 0.1) is 6.92 Å². The molecule has 27 heavy (non-hydrogen) atoms. The number of amides is 2. The van der Waals surface area contributed by atoms with Gasteiger partial charge in [0.1, 0.15) is 5.75 Å². The molecule has 2 aromatic carbocycles. The topological polar surface area (TPSA) is 57.4 Å². The number of nitrogens with one attached hydrogen (secondary N) is 2. The second-order valence-electron chi connectivity index (χ2n) is 7.02. The molecule has 3 aromatic rings. The van der Waals surface area contributed by atoms with Crippen molar-refractivity contribution in [2.24, 2.45) is 0 Å². The molecule has 2 N–H and O–H groups in total. The van der Waals surface area contributed by atoms with Gasteiger partial charge in [-0.05, 0) is 55.7 Å². The Morgan fingerprint density at radius 3 is 2.74 bits per heavy atom. The Morgan fingerprint density at radius 2 is 2.04 bits per heavy atom. The van der Waals surface area contributed by atoms with Gasteiger partial charge in [-0.25, -0.2) is 4.79 Å². The van der Waals surface area contributed by atoms with Crippen molar-refractivity contribution in [2.75, 3.05) is 20.2 Å². The van der Waals surface area contributed by atoms with Gasteiger partial charge < -0.3 is 19.9 Å². The van der Waals surface area contributed by atoms with E-state index < -0.39 is 0 Å². The average Bonchev–Trinajstić information content (AvgIpc) is 3.05. The molecule has 1 unspecified atom stereocenters. The minimum atomic E-state index is -0.140. The summed E-state index contributed by atoms with van der Waals surface area (Å²) in [5, 5.41) is 4.22. The van der Waals surface area contributed by atoms with Gasteiger partial charge in [-0.2, -0.15) is 0 Å². The molecule has 2 heterocycles. The zero-order valence-electron chi connectivity index (χ0n) is 16.0. The second-order valence-corrected chi connectivity index (χ2v) is 7.02. The summed E-state index contributed by atoms with van der Waals surface area (Å²) in [6, 6.07) is 14.3. The Balaban J connectivity index is 1.86. The van der Waals surface area contributed by atoms with Crippen LogP contribution in [-0.4, -0.2) is 36.1 Å². The van der Waals surface area contributed by atoms with Crippen molar-refractivity contribution >= 4 is 16.9 Å². The molecule has 0 fully saturated rings. The van der Waals surface area contributed by atoms with E-state index in [1.165, 1.54) is 16.5 Å². The van der Waals surface area contributed by atoms with Crippen molar-refractivity contribution in [3.8, 4) is 5.75 Å². The summed E-state index contributed by atoms with van der Waals surface area (Å²) in [6.07, 6.45) is 0.850. The predicted molar refractivity (Wildman–Crippen MR) is 107 cm³/mol. The number of carbonyl (C=O) groups excluding carboxylic acids is 1. The zero-order valence-corrected chi connectivity index (χ0v) is 16.0. The van der Waals surface area contributed by atoms with E-state index in [1.807, 2.05) is 36.1 Å². The molecular formula is C22H25N3O2. The third kappa shape index (κ3) is 3.03. The van der Waals surface area contributed by atoms with Gasteiger partial charge in [0.2, 0.25) is 0 Å². The monoisotopic (exact) mass is 363 g/mol. The Labute approximate surface area is 159 Å². The van der Waals surface area contributed by atoms with Gasteiger partial charge in [-0.15, -0.1) is 0 Å². The molecular weight excluding hydrogens is 338 g/mol. The summed E-state index contributed by atoms with van der Waals surface area (Å²) in [6.45, 7) is 5.37. The van der Waals surface area contributed by atoms with Gasteiger partial charge in [0.05, 0.1) is 13.2 Å². The molecule has 1 aromatic heterocycles. The number of ether oxygens (including phenoxy) is 1. The number of hydrogen-bond donors (Lipinski definition) is 2. The van der Waals surface area contributed by atoms with E-state index in [2.05, 4.69) is 35.4 Å². The lowest BCUT2D eigenvalue weighted by molar-refractivity contribution is 0.180. The van der Waals surface area contributed by atoms with Crippen molar-refractivity contribution in [3.63, 3.8) is 0 Å². The van der Waals surface area contributed by atoms with E-state index in [0.29, 0.717) is 13.1 Å². The van der Waals surface area contributed by atoms with Crippen LogP contribution in [0.2, 0.25) is 0 Å². The highest BCUT2D eigenvalue weighted by atomic mass is 16.5. The molecule has 5 heteroatoms. The Kier molecular flexibility index (Phi) is 4.52. The van der Waals surface area contributed by atoms with Gasteiger partial charge in [0.15, 0.2) is 0 Å². The molecule has 1 aliphatic rings. The van der Waals surface area contributed by atoms with E-state index in [0.717, 1.165) is 28.9 Å². The maximum atomic E-state index is 12.8. The predicted octanol–water partition coefficient (Wildman–Crippen LogP) is 4.16. The number of urea groups is 1. The third-order valence-corrected chi connectivity index (χ3v) is 5.30. The summed E-state index contributed by atoms with van der Waals surface area (Å²) < 4.78 is 5.30. The average molecular weight is 363 g/mol. The van der Waals surface area contributed by atoms with Crippen molar-refractivity contribution in [1.29, 1.82) is 0 Å². The fraction of sp³-hybridized carbons (Fsp3) is 0.318. The molecule has 0 saturated carbocycles. The largest absolute Gasteiger partial charge is 0.497 e. The number of hydrogen-bond acceptors (Lipinski definition) is 2. The number of rotatable bonds is 3. The minimum absolute atomic E-state index is 0.0289. The van der Waals surface area contributed by atoms with Gasteiger partial charge >= 0.3 is 6.03 Å². The lowest BCUT2D eigenvalue weighted by Gasteiger charge is -2.36. The summed E-state index contributed by atoms with van der Waals surface area (Å²) >= 11 is 0. The summed E-state index contributed by atoms with van der Waals surface area (Å²) in [5.74, 6) is 0.812. The van der Waals surface area contributed by atoms with Crippen molar-refractivity contribution in [2.45, 2.75) is 26.3 Å². The van der Waals surface area contributed by atoms with Crippen LogP contribution in [0.15, 0.2) is 42.5 Å². The normalized spacial score (nSPS) is 16.3. The molecule has 2 amide bonds. The number of methoxy groups -OCH3 is 1. The Morgan fingerprint density at radius 1 is 1.26 bits per heavy atom. The third-order valence-electron chi connectivity index (χ3n) is 5.30. The highest BCUT2D eigenvalue weighted by molar-refractivity contribution is 5.87. The first kappa shape index (κ1) is 17.5. The van der Waals surface area contributed by atoms with Crippen molar-refractivity contribution in [3.05, 3.63) is 64.8 Å². The molecule has 0 aliphatic carbocycles. The standard InChI is InChI=1S/C22H25N3O2/c1-4-23-22(26)25-12-11-17-18-13-14(2)5-10-19(18)24-20(17)21(25)15-6-8-16(27-3)9-7-15/h5-10,13,21,24H,4,11-12H2,1-3H3,(H,23,26). The van der Waals surface area contributed by atoms with Gasteiger partial charge in [0.25, 0.3) is 0 Å². The smallest absolute Gasteiger partial charge is 0.318 e. The first-order chi connectivity index (χ1) is 13.1. The lowest BCUT2D eigenvalue weighted by atomic mass is 9.92. The Bertz CT molecular complexity index is 975. The highest BCUT2D eigenvalue weighted by Crippen LogP contribution is 2.39. The summed E-state index contributed by atoms with van der Waals surface area (Å²) in [5.41, 5.74) is 5.87. The van der Waals surface area contributed by atoms with Crippen LogP contribution in [-0.2, 0) is 6.42 Å². The number of nitrogens with zero attached hydrogens (tertiary/aromatic N) is 1. The van der Waals surface area contributed by atoms with Crippen LogP contribution in [0.3, 0.4) is 0 Å². The van der Waals surface area contributed by atoms with E-state index in [1.54, 1.807) is 7.11 Å². The van der Waals surface area contributed by atoms with Crippen molar-refractivity contribution in [1.82, 2.24) is 15.2 Å². The first-order valence-corrected chi connectivity index (χ1v) is 9.42. The van der Waals surface area contributed by atoms with E-state index in [4.69, 9.17) is 4.74 Å². The van der Waals surface area contributed by atoms with Gasteiger partial charge in [-0.3, -0.25) is 0 Å².